The van der Waals surface area contributed by atoms with Gasteiger partial charge in [-0.05, 0) is 36.7 Å². The van der Waals surface area contributed by atoms with Gasteiger partial charge in [-0.3, -0.25) is 4.79 Å². The lowest BCUT2D eigenvalue weighted by atomic mass is 9.75. The van der Waals surface area contributed by atoms with Crippen molar-refractivity contribution in [3.05, 3.63) is 59.8 Å². The number of nitrogens with zero attached hydrogens (tertiary/aromatic N) is 2. The Morgan fingerprint density at radius 2 is 2.08 bits per heavy atom. The Morgan fingerprint density at radius 1 is 1.31 bits per heavy atom. The Kier molecular flexibility index (Phi) is 4.00. The monoisotopic (exact) mass is 352 g/mol. The molecule has 134 valence electrons. The van der Waals surface area contributed by atoms with E-state index >= 15 is 0 Å². The number of hydrogen-bond acceptors (Lipinski definition) is 3. The zero-order valence-corrected chi connectivity index (χ0v) is 14.6. The van der Waals surface area contributed by atoms with E-state index in [-0.39, 0.29) is 0 Å². The first-order valence-electron chi connectivity index (χ1n) is 8.73. The molecule has 0 spiro atoms. The first-order chi connectivity index (χ1) is 12.5. The molecule has 3 N–H and O–H groups in total. The number of amides is 1. The minimum atomic E-state index is -0.861. The highest BCUT2D eigenvalue weighted by Crippen LogP contribution is 2.33. The molecule has 26 heavy (non-hydrogen) atoms. The number of nitrogens with two attached hydrogens (primary N) is 1. The summed E-state index contributed by atoms with van der Waals surface area (Å²) in [5, 5.41) is 8.64. The maximum absolute atomic E-state index is 14.5. The van der Waals surface area contributed by atoms with Gasteiger partial charge in [-0.1, -0.05) is 31.2 Å². The Balaban J connectivity index is 1.70. The minimum absolute atomic E-state index is 0.402. The van der Waals surface area contributed by atoms with Crippen LogP contribution < -0.4 is 11.1 Å². The number of alkyl halides is 1. The third kappa shape index (κ3) is 2.66. The average Bonchev–Trinajstić information content (AvgIpc) is 3.08. The summed E-state index contributed by atoms with van der Waals surface area (Å²) in [5.74, 6) is -0.497. The number of hydrogen-bond donors (Lipinski definition) is 2. The van der Waals surface area contributed by atoms with Crippen molar-refractivity contribution >= 4 is 16.8 Å². The van der Waals surface area contributed by atoms with Crippen LogP contribution in [0.3, 0.4) is 0 Å². The topological polar surface area (TPSA) is 72.9 Å². The molecule has 3 aromatic rings. The third-order valence-corrected chi connectivity index (χ3v) is 5.35. The van der Waals surface area contributed by atoms with Crippen molar-refractivity contribution in [1.82, 2.24) is 15.1 Å². The highest BCUT2D eigenvalue weighted by Gasteiger charge is 2.38. The smallest absolute Gasteiger partial charge is 0.250 e. The fourth-order valence-electron chi connectivity index (χ4n) is 3.66. The van der Waals surface area contributed by atoms with Gasteiger partial charge in [0.15, 0.2) is 0 Å². The van der Waals surface area contributed by atoms with Crippen LogP contribution >= 0.6 is 0 Å². The highest BCUT2D eigenvalue weighted by atomic mass is 19.1. The van der Waals surface area contributed by atoms with Crippen LogP contribution in [0.2, 0.25) is 0 Å². The first kappa shape index (κ1) is 16.7. The standard InChI is InChI=1S/C20H21FN4O/c1-20(12-23-10-9-17(20)21)14-5-7-15(8-6-14)25-11-13-3-2-4-16(19(22)26)18(13)24-25/h2-8,11,17,23H,9-10,12H2,1H3,(H2,22,26)/t17-,20-/m0/s1. The van der Waals surface area contributed by atoms with Gasteiger partial charge in [0, 0.05) is 23.5 Å². The predicted octanol–water partition coefficient (Wildman–Crippen LogP) is 2.71. The van der Waals surface area contributed by atoms with Gasteiger partial charge in [-0.2, -0.15) is 5.10 Å². The van der Waals surface area contributed by atoms with Crippen LogP contribution in [0.25, 0.3) is 16.6 Å². The van der Waals surface area contributed by atoms with Crippen molar-refractivity contribution in [2.45, 2.75) is 24.9 Å². The molecule has 5 nitrogen and oxygen atoms in total. The first-order valence-corrected chi connectivity index (χ1v) is 8.73. The normalized spacial score (nSPS) is 23.2. The van der Waals surface area contributed by atoms with Crippen LogP contribution in [0, 0.1) is 0 Å². The number of nitrogens with one attached hydrogen (secondary N) is 1. The number of rotatable bonds is 3. The molecular weight excluding hydrogens is 331 g/mol. The zero-order chi connectivity index (χ0) is 18.3. The molecule has 4 rings (SSSR count). The lowest BCUT2D eigenvalue weighted by molar-refractivity contribution is 0.100. The summed E-state index contributed by atoms with van der Waals surface area (Å²) in [4.78, 5) is 11.6. The van der Waals surface area contributed by atoms with E-state index in [1.165, 1.54) is 0 Å². The predicted molar refractivity (Wildman–Crippen MR) is 99.3 cm³/mol. The number of halogens is 1. The van der Waals surface area contributed by atoms with Crippen LogP contribution in [0.15, 0.2) is 48.7 Å². The van der Waals surface area contributed by atoms with Gasteiger partial charge in [-0.25, -0.2) is 9.07 Å². The van der Waals surface area contributed by atoms with Crippen LogP contribution in [-0.4, -0.2) is 34.9 Å². The summed E-state index contributed by atoms with van der Waals surface area (Å²) in [6.07, 6.45) is 1.53. The van der Waals surface area contributed by atoms with Gasteiger partial charge in [-0.15, -0.1) is 0 Å². The molecule has 2 aromatic carbocycles. The lowest BCUT2D eigenvalue weighted by Gasteiger charge is -2.38. The maximum atomic E-state index is 14.5. The van der Waals surface area contributed by atoms with Crippen LogP contribution in [-0.2, 0) is 5.41 Å². The molecule has 2 heterocycles. The molecule has 1 saturated heterocycles. The van der Waals surface area contributed by atoms with Gasteiger partial charge in [0.2, 0.25) is 0 Å². The second-order valence-corrected chi connectivity index (χ2v) is 7.08. The molecule has 1 aromatic heterocycles. The molecule has 0 radical (unpaired) electrons. The lowest BCUT2D eigenvalue weighted by Crippen LogP contribution is -2.49. The summed E-state index contributed by atoms with van der Waals surface area (Å²) in [6.45, 7) is 3.30. The van der Waals surface area contributed by atoms with E-state index in [2.05, 4.69) is 10.4 Å². The van der Waals surface area contributed by atoms with Crippen LogP contribution in [0.1, 0.15) is 29.3 Å². The molecule has 0 unspecified atom stereocenters. The van der Waals surface area contributed by atoms with E-state index in [1.54, 1.807) is 16.8 Å². The summed E-state index contributed by atoms with van der Waals surface area (Å²) in [6, 6.07) is 13.1. The van der Waals surface area contributed by atoms with Gasteiger partial charge in [0.25, 0.3) is 5.91 Å². The number of carbonyl (C=O) groups excluding carboxylic acids is 1. The van der Waals surface area contributed by atoms with Crippen molar-refractivity contribution in [2.24, 2.45) is 5.73 Å². The highest BCUT2D eigenvalue weighted by molar-refractivity contribution is 6.04. The van der Waals surface area contributed by atoms with Crippen molar-refractivity contribution in [2.75, 3.05) is 13.1 Å². The molecule has 1 aliphatic heterocycles. The number of carbonyl (C=O) groups is 1. The van der Waals surface area contributed by atoms with E-state index < -0.39 is 17.5 Å². The molecule has 2 atom stereocenters. The third-order valence-electron chi connectivity index (χ3n) is 5.35. The van der Waals surface area contributed by atoms with E-state index in [0.717, 1.165) is 23.2 Å². The molecular formula is C20H21FN4O. The summed E-state index contributed by atoms with van der Waals surface area (Å²) in [5.41, 5.74) is 7.71. The Bertz CT molecular complexity index is 966. The van der Waals surface area contributed by atoms with E-state index in [9.17, 15) is 9.18 Å². The second-order valence-electron chi connectivity index (χ2n) is 7.08. The van der Waals surface area contributed by atoms with Gasteiger partial charge in [0.1, 0.15) is 11.7 Å². The minimum Gasteiger partial charge on any atom is -0.366 e. The number of fused-ring (bicyclic) bond motifs is 1. The number of benzene rings is 2. The Morgan fingerprint density at radius 3 is 2.77 bits per heavy atom. The Hall–Kier alpha value is -2.73. The van der Waals surface area contributed by atoms with Gasteiger partial charge in [0.05, 0.1) is 11.3 Å². The molecule has 1 fully saturated rings. The Labute approximate surface area is 151 Å². The largest absolute Gasteiger partial charge is 0.366 e. The number of primary amides is 1. The second kappa shape index (κ2) is 6.21. The average molecular weight is 352 g/mol. The fraction of sp³-hybridized carbons (Fsp3) is 0.300. The van der Waals surface area contributed by atoms with E-state index in [1.807, 2.05) is 43.5 Å². The maximum Gasteiger partial charge on any atom is 0.250 e. The van der Waals surface area contributed by atoms with Crippen molar-refractivity contribution in [3.63, 3.8) is 0 Å². The SMILES string of the molecule is C[C@@]1(c2ccc(-n3cc4cccc(C(N)=O)c4n3)cc2)CNCC[C@@H]1F. The van der Waals surface area contributed by atoms with Crippen LogP contribution in [0.5, 0.6) is 0 Å². The fourth-order valence-corrected chi connectivity index (χ4v) is 3.66. The molecule has 0 saturated carbocycles. The molecule has 6 heteroatoms. The quantitative estimate of drug-likeness (QED) is 0.761. The van der Waals surface area contributed by atoms with Crippen molar-refractivity contribution in [1.29, 1.82) is 0 Å². The van der Waals surface area contributed by atoms with Gasteiger partial charge >= 0.3 is 0 Å². The molecule has 1 aliphatic rings. The van der Waals surface area contributed by atoms with Gasteiger partial charge < -0.3 is 11.1 Å². The van der Waals surface area contributed by atoms with Crippen molar-refractivity contribution < 1.29 is 9.18 Å². The summed E-state index contributed by atoms with van der Waals surface area (Å²) >= 11 is 0. The molecule has 0 aliphatic carbocycles. The van der Waals surface area contributed by atoms with Crippen molar-refractivity contribution in [3.8, 4) is 5.69 Å². The summed E-state index contributed by atoms with van der Waals surface area (Å²) in [7, 11) is 0. The van der Waals surface area contributed by atoms with E-state index in [4.69, 9.17) is 5.73 Å². The molecule has 1 amide bonds. The summed E-state index contributed by atoms with van der Waals surface area (Å²) < 4.78 is 16.2. The molecule has 0 bridgehead atoms. The van der Waals surface area contributed by atoms with Crippen LogP contribution in [0.4, 0.5) is 4.39 Å². The van der Waals surface area contributed by atoms with E-state index in [0.29, 0.717) is 24.0 Å². The number of aromatic nitrogens is 2. The number of piperidine rings is 1. The zero-order valence-electron chi connectivity index (χ0n) is 14.6.